The molecule has 3 heterocycles. The Balaban J connectivity index is 1.29. The number of pyridine rings is 1. The monoisotopic (exact) mass is 379 g/mol. The summed E-state index contributed by atoms with van der Waals surface area (Å²) in [6.07, 6.45) is 1.46. The van der Waals surface area contributed by atoms with E-state index in [1.54, 1.807) is 18.0 Å². The maximum atomic E-state index is 12.3. The molecule has 0 unspecified atom stereocenters. The molecule has 8 nitrogen and oxygen atoms in total. The van der Waals surface area contributed by atoms with Gasteiger partial charge in [0.25, 0.3) is 0 Å². The molecule has 0 bridgehead atoms. The number of aromatic nitrogens is 3. The summed E-state index contributed by atoms with van der Waals surface area (Å²) in [5, 5.41) is 3.90. The van der Waals surface area contributed by atoms with E-state index < -0.39 is 0 Å². The lowest BCUT2D eigenvalue weighted by Crippen LogP contribution is -2.49. The molecule has 0 aliphatic carbocycles. The number of ether oxygens (including phenoxy) is 1. The van der Waals surface area contributed by atoms with Crippen LogP contribution in [0.3, 0.4) is 0 Å². The second-order valence-corrected chi connectivity index (χ2v) is 6.56. The molecule has 1 saturated heterocycles. The Bertz CT molecular complexity index is 919. The summed E-state index contributed by atoms with van der Waals surface area (Å²) in [5.74, 6) is 1.91. The van der Waals surface area contributed by atoms with Crippen molar-refractivity contribution < 1.29 is 14.1 Å². The summed E-state index contributed by atoms with van der Waals surface area (Å²) < 4.78 is 10.4. The van der Waals surface area contributed by atoms with Gasteiger partial charge in [-0.3, -0.25) is 0 Å². The van der Waals surface area contributed by atoms with E-state index in [0.29, 0.717) is 44.5 Å². The summed E-state index contributed by atoms with van der Waals surface area (Å²) in [6, 6.07) is 13.5. The van der Waals surface area contributed by atoms with Crippen molar-refractivity contribution in [2.75, 3.05) is 31.1 Å². The minimum atomic E-state index is -0.278. The fourth-order valence-electron chi connectivity index (χ4n) is 3.05. The van der Waals surface area contributed by atoms with E-state index >= 15 is 0 Å². The minimum Gasteiger partial charge on any atom is -0.445 e. The van der Waals surface area contributed by atoms with Gasteiger partial charge in [0.1, 0.15) is 12.4 Å². The van der Waals surface area contributed by atoms with Crippen molar-refractivity contribution in [3.8, 4) is 11.4 Å². The zero-order chi connectivity index (χ0) is 19.3. The first-order valence-electron chi connectivity index (χ1n) is 9.16. The summed E-state index contributed by atoms with van der Waals surface area (Å²) in [6.45, 7) is 4.64. The highest BCUT2D eigenvalue weighted by atomic mass is 16.6. The van der Waals surface area contributed by atoms with Crippen molar-refractivity contribution in [2.24, 2.45) is 0 Å². The number of hydrogen-bond acceptors (Lipinski definition) is 7. The van der Waals surface area contributed by atoms with Gasteiger partial charge >= 0.3 is 6.09 Å². The molecule has 0 saturated carbocycles. The zero-order valence-electron chi connectivity index (χ0n) is 15.6. The third-order valence-electron chi connectivity index (χ3n) is 4.60. The topological polar surface area (TPSA) is 84.6 Å². The van der Waals surface area contributed by atoms with Gasteiger partial charge in [0.2, 0.25) is 11.7 Å². The van der Waals surface area contributed by atoms with Crippen LogP contribution in [0.1, 0.15) is 11.5 Å². The molecular weight excluding hydrogens is 358 g/mol. The van der Waals surface area contributed by atoms with Crippen LogP contribution in [0.15, 0.2) is 53.2 Å². The maximum absolute atomic E-state index is 12.3. The van der Waals surface area contributed by atoms with Gasteiger partial charge in [-0.2, -0.15) is 4.98 Å². The lowest BCUT2D eigenvalue weighted by molar-refractivity contribution is 0.0941. The van der Waals surface area contributed by atoms with Gasteiger partial charge in [-0.05, 0) is 17.7 Å². The second kappa shape index (κ2) is 8.08. The molecule has 4 rings (SSSR count). The number of aryl methyl sites for hydroxylation is 1. The molecule has 1 fully saturated rings. The third kappa shape index (κ3) is 4.11. The van der Waals surface area contributed by atoms with E-state index in [9.17, 15) is 4.79 Å². The van der Waals surface area contributed by atoms with Crippen molar-refractivity contribution in [1.29, 1.82) is 0 Å². The Morgan fingerprint density at radius 2 is 1.89 bits per heavy atom. The first-order valence-corrected chi connectivity index (χ1v) is 9.16. The van der Waals surface area contributed by atoms with Crippen LogP contribution in [-0.4, -0.2) is 52.3 Å². The minimum absolute atomic E-state index is 0.278. The Labute approximate surface area is 162 Å². The Morgan fingerprint density at radius 1 is 1.11 bits per heavy atom. The van der Waals surface area contributed by atoms with Crippen LogP contribution < -0.4 is 4.90 Å². The molecule has 144 valence electrons. The smallest absolute Gasteiger partial charge is 0.410 e. The summed E-state index contributed by atoms with van der Waals surface area (Å²) in [5.41, 5.74) is 1.79. The SMILES string of the molecule is Cc1nc(-c2ccc(N3CCN(C(=O)OCc4ccccc4)CC3)nc2)no1. The van der Waals surface area contributed by atoms with E-state index in [0.717, 1.165) is 16.9 Å². The van der Waals surface area contributed by atoms with Crippen molar-refractivity contribution in [2.45, 2.75) is 13.5 Å². The average molecular weight is 379 g/mol. The molecule has 0 N–H and O–H groups in total. The van der Waals surface area contributed by atoms with E-state index in [2.05, 4.69) is 20.0 Å². The molecule has 0 spiro atoms. The molecule has 2 aromatic heterocycles. The normalized spacial score (nSPS) is 14.2. The molecule has 0 atom stereocenters. The zero-order valence-corrected chi connectivity index (χ0v) is 15.6. The Kier molecular flexibility index (Phi) is 5.18. The average Bonchev–Trinajstić information content (AvgIpc) is 3.19. The molecule has 8 heteroatoms. The number of nitrogens with zero attached hydrogens (tertiary/aromatic N) is 5. The standard InChI is InChI=1S/C20H21N5O3/c1-15-22-19(23-28-15)17-7-8-18(21-13-17)24-9-11-25(12-10-24)20(26)27-14-16-5-3-2-4-6-16/h2-8,13H,9-12,14H2,1H3. The Morgan fingerprint density at radius 3 is 2.54 bits per heavy atom. The van der Waals surface area contributed by atoms with Gasteiger partial charge in [0.15, 0.2) is 0 Å². The highest BCUT2D eigenvalue weighted by molar-refractivity contribution is 5.68. The maximum Gasteiger partial charge on any atom is 0.410 e. The van der Waals surface area contributed by atoms with Crippen molar-refractivity contribution >= 4 is 11.9 Å². The fraction of sp³-hybridized carbons (Fsp3) is 0.300. The number of carbonyl (C=O) groups excluding carboxylic acids is 1. The van der Waals surface area contributed by atoms with Crippen LogP contribution in [-0.2, 0) is 11.3 Å². The number of piperazine rings is 1. The van der Waals surface area contributed by atoms with Crippen LogP contribution in [0.25, 0.3) is 11.4 Å². The van der Waals surface area contributed by atoms with Crippen molar-refractivity contribution in [3.63, 3.8) is 0 Å². The van der Waals surface area contributed by atoms with Crippen LogP contribution >= 0.6 is 0 Å². The third-order valence-corrected chi connectivity index (χ3v) is 4.60. The van der Waals surface area contributed by atoms with Gasteiger partial charge in [-0.25, -0.2) is 9.78 Å². The van der Waals surface area contributed by atoms with Crippen LogP contribution in [0.2, 0.25) is 0 Å². The predicted molar refractivity (Wildman–Crippen MR) is 103 cm³/mol. The number of amides is 1. The molecule has 1 aliphatic heterocycles. The first-order chi connectivity index (χ1) is 13.7. The van der Waals surface area contributed by atoms with Crippen molar-refractivity contribution in [1.82, 2.24) is 20.0 Å². The number of benzene rings is 1. The highest BCUT2D eigenvalue weighted by Gasteiger charge is 2.23. The first kappa shape index (κ1) is 18.0. The summed E-state index contributed by atoms with van der Waals surface area (Å²) >= 11 is 0. The quantitative estimate of drug-likeness (QED) is 0.689. The number of rotatable bonds is 4. The van der Waals surface area contributed by atoms with E-state index in [1.807, 2.05) is 42.5 Å². The second-order valence-electron chi connectivity index (χ2n) is 6.56. The lowest BCUT2D eigenvalue weighted by Gasteiger charge is -2.34. The molecule has 3 aromatic rings. The summed E-state index contributed by atoms with van der Waals surface area (Å²) in [4.78, 5) is 24.8. The molecule has 0 radical (unpaired) electrons. The van der Waals surface area contributed by atoms with Crippen LogP contribution in [0.4, 0.5) is 10.6 Å². The fourth-order valence-corrected chi connectivity index (χ4v) is 3.05. The molecule has 1 amide bonds. The number of hydrogen-bond donors (Lipinski definition) is 0. The molecule has 1 aliphatic rings. The Hall–Kier alpha value is -3.42. The van der Waals surface area contributed by atoms with Gasteiger partial charge < -0.3 is 19.1 Å². The summed E-state index contributed by atoms with van der Waals surface area (Å²) in [7, 11) is 0. The van der Waals surface area contributed by atoms with Gasteiger partial charge in [-0.15, -0.1) is 0 Å². The molecule has 28 heavy (non-hydrogen) atoms. The number of anilines is 1. The van der Waals surface area contributed by atoms with Gasteiger partial charge in [0, 0.05) is 44.9 Å². The van der Waals surface area contributed by atoms with E-state index in [4.69, 9.17) is 9.26 Å². The molecular formula is C20H21N5O3. The largest absolute Gasteiger partial charge is 0.445 e. The van der Waals surface area contributed by atoms with E-state index in [1.165, 1.54) is 0 Å². The predicted octanol–water partition coefficient (Wildman–Crippen LogP) is 2.90. The number of carbonyl (C=O) groups is 1. The highest BCUT2D eigenvalue weighted by Crippen LogP contribution is 2.19. The van der Waals surface area contributed by atoms with Crippen molar-refractivity contribution in [3.05, 3.63) is 60.1 Å². The van der Waals surface area contributed by atoms with E-state index in [-0.39, 0.29) is 6.09 Å². The van der Waals surface area contributed by atoms with Crippen LogP contribution in [0, 0.1) is 6.92 Å². The lowest BCUT2D eigenvalue weighted by atomic mass is 10.2. The van der Waals surface area contributed by atoms with Crippen LogP contribution in [0.5, 0.6) is 0 Å². The van der Waals surface area contributed by atoms with Gasteiger partial charge in [-0.1, -0.05) is 35.5 Å². The molecule has 1 aromatic carbocycles. The van der Waals surface area contributed by atoms with Gasteiger partial charge in [0.05, 0.1) is 0 Å².